The predicted octanol–water partition coefficient (Wildman–Crippen LogP) is 4.09. The highest BCUT2D eigenvalue weighted by atomic mass is 16.5. The van der Waals surface area contributed by atoms with Crippen molar-refractivity contribution in [2.75, 3.05) is 40.2 Å². The standard InChI is InChI=1S/C22H26N2O5/c1-14(18-10-15-8-6-7-9-17(15)29-18)24(2)13-21(25)23-16-11-19(26-3)22(28-5)20(12-16)27-4/h6-12,14H,13H2,1-5H3,(H,23,25)/t14-/m0/s1. The smallest absolute Gasteiger partial charge is 0.238 e. The van der Waals surface area contributed by atoms with Crippen molar-refractivity contribution in [1.29, 1.82) is 0 Å². The van der Waals surface area contributed by atoms with Crippen molar-refractivity contribution in [3.63, 3.8) is 0 Å². The molecule has 7 nitrogen and oxygen atoms in total. The Hall–Kier alpha value is -3.19. The molecule has 7 heteroatoms. The van der Waals surface area contributed by atoms with E-state index in [0.29, 0.717) is 22.9 Å². The molecule has 1 aromatic heterocycles. The van der Waals surface area contributed by atoms with Crippen LogP contribution in [0, 0.1) is 0 Å². The SMILES string of the molecule is COc1cc(NC(=O)CN(C)[C@@H](C)c2cc3ccccc3o2)cc(OC)c1OC. The van der Waals surface area contributed by atoms with Crippen LogP contribution >= 0.6 is 0 Å². The molecule has 0 bridgehead atoms. The molecule has 0 aliphatic rings. The maximum atomic E-state index is 12.6. The molecule has 1 N–H and O–H groups in total. The molecule has 0 saturated carbocycles. The number of nitrogens with zero attached hydrogens (tertiary/aromatic N) is 1. The maximum absolute atomic E-state index is 12.6. The first-order valence-corrected chi connectivity index (χ1v) is 9.25. The largest absolute Gasteiger partial charge is 0.493 e. The second-order valence-corrected chi connectivity index (χ2v) is 6.74. The number of nitrogens with one attached hydrogen (secondary N) is 1. The number of carbonyl (C=O) groups is 1. The number of carbonyl (C=O) groups excluding carboxylic acids is 1. The molecule has 0 unspecified atom stereocenters. The van der Waals surface area contributed by atoms with Gasteiger partial charge in [0, 0.05) is 23.2 Å². The lowest BCUT2D eigenvalue weighted by Crippen LogP contribution is -2.32. The average molecular weight is 398 g/mol. The number of ether oxygens (including phenoxy) is 3. The number of likely N-dealkylation sites (N-methyl/N-ethyl adjacent to an activating group) is 1. The molecule has 29 heavy (non-hydrogen) atoms. The molecule has 3 rings (SSSR count). The Morgan fingerprint density at radius 1 is 1.07 bits per heavy atom. The Bertz CT molecular complexity index is 940. The first-order valence-electron chi connectivity index (χ1n) is 9.25. The van der Waals surface area contributed by atoms with Crippen LogP contribution in [-0.4, -0.2) is 45.7 Å². The van der Waals surface area contributed by atoms with Crippen LogP contribution in [0.1, 0.15) is 18.7 Å². The van der Waals surface area contributed by atoms with Gasteiger partial charge in [0.25, 0.3) is 0 Å². The molecule has 0 aliphatic heterocycles. The molecular formula is C22H26N2O5. The van der Waals surface area contributed by atoms with Crippen LogP contribution in [0.25, 0.3) is 11.0 Å². The number of para-hydroxylation sites is 1. The third-order valence-electron chi connectivity index (χ3n) is 4.86. The van der Waals surface area contributed by atoms with Crippen molar-refractivity contribution >= 4 is 22.6 Å². The second-order valence-electron chi connectivity index (χ2n) is 6.74. The first-order chi connectivity index (χ1) is 14.0. The highest BCUT2D eigenvalue weighted by molar-refractivity contribution is 5.93. The maximum Gasteiger partial charge on any atom is 0.238 e. The summed E-state index contributed by atoms with van der Waals surface area (Å²) >= 11 is 0. The van der Waals surface area contributed by atoms with Crippen LogP contribution in [0.3, 0.4) is 0 Å². The highest BCUT2D eigenvalue weighted by Crippen LogP contribution is 2.40. The van der Waals surface area contributed by atoms with Gasteiger partial charge < -0.3 is 23.9 Å². The molecule has 2 aromatic carbocycles. The van der Waals surface area contributed by atoms with Gasteiger partial charge in [-0.1, -0.05) is 18.2 Å². The average Bonchev–Trinajstić information content (AvgIpc) is 3.16. The van der Waals surface area contributed by atoms with Gasteiger partial charge in [-0.25, -0.2) is 0 Å². The Morgan fingerprint density at radius 2 is 1.72 bits per heavy atom. The van der Waals surface area contributed by atoms with E-state index in [2.05, 4.69) is 5.32 Å². The lowest BCUT2D eigenvalue weighted by Gasteiger charge is -2.22. The summed E-state index contributed by atoms with van der Waals surface area (Å²) in [6.45, 7) is 2.19. The first kappa shape index (κ1) is 20.5. The summed E-state index contributed by atoms with van der Waals surface area (Å²) in [7, 11) is 6.48. The van der Waals surface area contributed by atoms with Gasteiger partial charge in [0.1, 0.15) is 11.3 Å². The van der Waals surface area contributed by atoms with Crippen molar-refractivity contribution in [2.24, 2.45) is 0 Å². The molecule has 1 amide bonds. The summed E-state index contributed by atoms with van der Waals surface area (Å²) in [4.78, 5) is 14.5. The van der Waals surface area contributed by atoms with Gasteiger partial charge in [0.2, 0.25) is 11.7 Å². The van der Waals surface area contributed by atoms with E-state index in [1.807, 2.05) is 49.2 Å². The molecule has 3 aromatic rings. The molecule has 1 atom stereocenters. The number of fused-ring (bicyclic) bond motifs is 1. The van der Waals surface area contributed by atoms with Crippen molar-refractivity contribution in [2.45, 2.75) is 13.0 Å². The van der Waals surface area contributed by atoms with Gasteiger partial charge in [-0.05, 0) is 26.1 Å². The number of amides is 1. The molecule has 0 fully saturated rings. The molecule has 0 saturated heterocycles. The molecule has 1 heterocycles. The summed E-state index contributed by atoms with van der Waals surface area (Å²) in [5.41, 5.74) is 1.40. The van der Waals surface area contributed by atoms with E-state index < -0.39 is 0 Å². The van der Waals surface area contributed by atoms with Crippen LogP contribution in [0.4, 0.5) is 5.69 Å². The van der Waals surface area contributed by atoms with Gasteiger partial charge in [0.15, 0.2) is 11.5 Å². The number of anilines is 1. The Labute approximate surface area is 170 Å². The number of rotatable bonds is 8. The summed E-state index contributed by atoms with van der Waals surface area (Å²) in [6, 6.07) is 13.2. The number of methoxy groups -OCH3 is 3. The number of hydrogen-bond acceptors (Lipinski definition) is 6. The van der Waals surface area contributed by atoms with E-state index in [1.165, 1.54) is 21.3 Å². The van der Waals surface area contributed by atoms with Crippen LogP contribution in [-0.2, 0) is 4.79 Å². The van der Waals surface area contributed by atoms with E-state index in [1.54, 1.807) is 12.1 Å². The van der Waals surface area contributed by atoms with Crippen LogP contribution in [0.5, 0.6) is 17.2 Å². The van der Waals surface area contributed by atoms with E-state index in [4.69, 9.17) is 18.6 Å². The number of hydrogen-bond donors (Lipinski definition) is 1. The fourth-order valence-electron chi connectivity index (χ4n) is 3.14. The lowest BCUT2D eigenvalue weighted by molar-refractivity contribution is -0.117. The summed E-state index contributed by atoms with van der Waals surface area (Å²) in [5, 5.41) is 3.93. The molecule has 154 valence electrons. The van der Waals surface area contributed by atoms with Gasteiger partial charge in [-0.2, -0.15) is 0 Å². The van der Waals surface area contributed by atoms with Gasteiger partial charge >= 0.3 is 0 Å². The van der Waals surface area contributed by atoms with Crippen molar-refractivity contribution < 1.29 is 23.4 Å². The quantitative estimate of drug-likeness (QED) is 0.616. The van der Waals surface area contributed by atoms with Crippen molar-refractivity contribution in [3.05, 3.63) is 48.2 Å². The fraction of sp³-hybridized carbons (Fsp3) is 0.318. The van der Waals surface area contributed by atoms with Crippen LogP contribution in [0.15, 0.2) is 46.9 Å². The highest BCUT2D eigenvalue weighted by Gasteiger charge is 2.20. The summed E-state index contributed by atoms with van der Waals surface area (Å²) in [6.07, 6.45) is 0. The van der Waals surface area contributed by atoms with E-state index >= 15 is 0 Å². The molecule has 0 radical (unpaired) electrons. The molecule has 0 spiro atoms. The van der Waals surface area contributed by atoms with E-state index in [0.717, 1.165) is 16.7 Å². The number of furan rings is 1. The Balaban J connectivity index is 1.69. The zero-order chi connectivity index (χ0) is 21.0. The van der Waals surface area contributed by atoms with Gasteiger partial charge in [0.05, 0.1) is 33.9 Å². The minimum Gasteiger partial charge on any atom is -0.493 e. The molecule has 0 aliphatic carbocycles. The third kappa shape index (κ3) is 4.46. The fourth-order valence-corrected chi connectivity index (χ4v) is 3.14. The van der Waals surface area contributed by atoms with Gasteiger partial charge in [-0.15, -0.1) is 0 Å². The lowest BCUT2D eigenvalue weighted by atomic mass is 10.2. The predicted molar refractivity (Wildman–Crippen MR) is 112 cm³/mol. The zero-order valence-electron chi connectivity index (χ0n) is 17.3. The summed E-state index contributed by atoms with van der Waals surface area (Å²) < 4.78 is 21.9. The second kappa shape index (κ2) is 8.87. The van der Waals surface area contributed by atoms with E-state index in [-0.39, 0.29) is 18.5 Å². The van der Waals surface area contributed by atoms with E-state index in [9.17, 15) is 4.79 Å². The summed E-state index contributed by atoms with van der Waals surface area (Å²) in [5.74, 6) is 2.08. The Morgan fingerprint density at radius 3 is 2.31 bits per heavy atom. The van der Waals surface area contributed by atoms with Crippen molar-refractivity contribution in [3.8, 4) is 17.2 Å². The monoisotopic (exact) mass is 398 g/mol. The van der Waals surface area contributed by atoms with Crippen molar-refractivity contribution in [1.82, 2.24) is 4.90 Å². The topological polar surface area (TPSA) is 73.2 Å². The zero-order valence-corrected chi connectivity index (χ0v) is 17.3. The minimum atomic E-state index is -0.162. The Kier molecular flexibility index (Phi) is 6.29. The number of benzene rings is 2. The van der Waals surface area contributed by atoms with Crippen LogP contribution in [0.2, 0.25) is 0 Å². The van der Waals surface area contributed by atoms with Gasteiger partial charge in [-0.3, -0.25) is 9.69 Å². The van der Waals surface area contributed by atoms with Crippen LogP contribution < -0.4 is 19.5 Å². The molecular weight excluding hydrogens is 372 g/mol. The normalized spacial score (nSPS) is 12.1. The minimum absolute atomic E-state index is 0.0620. The third-order valence-corrected chi connectivity index (χ3v) is 4.86.